The fourth-order valence-corrected chi connectivity index (χ4v) is 6.91. The summed E-state index contributed by atoms with van der Waals surface area (Å²) in [6, 6.07) is 12.3. The molecule has 3 aromatic rings. The minimum absolute atomic E-state index is 0.0317. The van der Waals surface area contributed by atoms with Crippen LogP contribution in [0.2, 0.25) is 0 Å². The molecule has 12 heteroatoms. The van der Waals surface area contributed by atoms with Gasteiger partial charge in [0.25, 0.3) is 11.8 Å². The summed E-state index contributed by atoms with van der Waals surface area (Å²) in [6.07, 6.45) is -0.197. The smallest absolute Gasteiger partial charge is 0.324 e. The Kier molecular flexibility index (Phi) is 6.36. The van der Waals surface area contributed by atoms with Gasteiger partial charge in [0.15, 0.2) is 21.3 Å². The van der Waals surface area contributed by atoms with Gasteiger partial charge in [-0.05, 0) is 35.4 Å². The van der Waals surface area contributed by atoms with Crippen molar-refractivity contribution in [2.45, 2.75) is 50.6 Å². The molecule has 0 saturated carbocycles. The van der Waals surface area contributed by atoms with Crippen LogP contribution in [0.3, 0.4) is 0 Å². The van der Waals surface area contributed by atoms with Crippen LogP contribution >= 0.6 is 0 Å². The van der Waals surface area contributed by atoms with Crippen LogP contribution in [0.15, 0.2) is 47.0 Å². The van der Waals surface area contributed by atoms with Crippen molar-refractivity contribution in [3.63, 3.8) is 0 Å². The van der Waals surface area contributed by atoms with Gasteiger partial charge in [0.1, 0.15) is 11.6 Å². The second kappa shape index (κ2) is 9.53. The van der Waals surface area contributed by atoms with Gasteiger partial charge >= 0.3 is 6.01 Å². The number of nitrogens with zero attached hydrogens (tertiary/aromatic N) is 4. The molecular formula is C28H30F2N4O5S. The first-order valence-corrected chi connectivity index (χ1v) is 15.2. The topological polar surface area (TPSA) is 106 Å². The fraction of sp³-hybridized carbons (Fsp3) is 0.464. The molecule has 0 atom stereocenters. The summed E-state index contributed by atoms with van der Waals surface area (Å²) in [7, 11) is -3.23. The summed E-state index contributed by atoms with van der Waals surface area (Å²) in [5.41, 5.74) is 0.679. The van der Waals surface area contributed by atoms with Gasteiger partial charge in [-0.15, -0.1) is 0 Å². The average molecular weight is 573 g/mol. The number of piperidine rings is 1. The molecule has 0 radical (unpaired) electrons. The zero-order chi connectivity index (χ0) is 28.3. The SMILES string of the molecule is CC(C)c1noc(N2CCC3(CC2)Oc2ccc(-c4ccc(C(=O)N5CCS(=O)(=O)C5)cc4)cc2CC3(F)F)n1. The predicted octanol–water partition coefficient (Wildman–Crippen LogP) is 4.30. The third-order valence-corrected chi connectivity index (χ3v) is 9.52. The first-order chi connectivity index (χ1) is 19.0. The summed E-state index contributed by atoms with van der Waals surface area (Å²) < 4.78 is 66.2. The van der Waals surface area contributed by atoms with Crippen molar-refractivity contribution in [1.29, 1.82) is 0 Å². The van der Waals surface area contributed by atoms with Gasteiger partial charge < -0.3 is 19.1 Å². The third-order valence-electron chi connectivity index (χ3n) is 8.01. The van der Waals surface area contributed by atoms with E-state index in [1.807, 2.05) is 24.8 Å². The van der Waals surface area contributed by atoms with E-state index in [-0.39, 0.29) is 42.8 Å². The predicted molar refractivity (Wildman–Crippen MR) is 143 cm³/mol. The number of hydrogen-bond donors (Lipinski definition) is 0. The van der Waals surface area contributed by atoms with E-state index in [0.717, 1.165) is 11.1 Å². The Hall–Kier alpha value is -3.54. The number of carbonyl (C=O) groups excluding carboxylic acids is 1. The number of anilines is 1. The van der Waals surface area contributed by atoms with Gasteiger partial charge in [-0.25, -0.2) is 17.2 Å². The monoisotopic (exact) mass is 572 g/mol. The molecular weight excluding hydrogens is 542 g/mol. The molecule has 0 N–H and O–H groups in total. The third kappa shape index (κ3) is 4.71. The molecule has 9 nitrogen and oxygen atoms in total. The minimum Gasteiger partial charge on any atom is -0.481 e. The Morgan fingerprint density at radius 2 is 1.73 bits per heavy atom. The lowest BCUT2D eigenvalue weighted by Crippen LogP contribution is -2.61. The highest BCUT2D eigenvalue weighted by Crippen LogP contribution is 2.49. The van der Waals surface area contributed by atoms with Crippen LogP contribution in [-0.2, 0) is 16.3 Å². The van der Waals surface area contributed by atoms with Gasteiger partial charge in [0, 0.05) is 55.9 Å². The Bertz CT molecular complexity index is 1550. The van der Waals surface area contributed by atoms with Crippen molar-refractivity contribution in [3.05, 3.63) is 59.4 Å². The van der Waals surface area contributed by atoms with Gasteiger partial charge in [0.2, 0.25) is 0 Å². The van der Waals surface area contributed by atoms with Crippen molar-refractivity contribution in [2.24, 2.45) is 0 Å². The maximum Gasteiger partial charge on any atom is 0.324 e. The Morgan fingerprint density at radius 3 is 2.35 bits per heavy atom. The first-order valence-electron chi connectivity index (χ1n) is 13.3. The second-order valence-electron chi connectivity index (χ2n) is 11.1. The summed E-state index contributed by atoms with van der Waals surface area (Å²) in [5.74, 6) is -2.58. The molecule has 3 aliphatic heterocycles. The molecule has 0 bridgehead atoms. The highest BCUT2D eigenvalue weighted by atomic mass is 32.2. The second-order valence-corrected chi connectivity index (χ2v) is 13.3. The molecule has 2 saturated heterocycles. The average Bonchev–Trinajstić information content (AvgIpc) is 3.56. The van der Waals surface area contributed by atoms with Crippen LogP contribution in [0.4, 0.5) is 14.8 Å². The van der Waals surface area contributed by atoms with Crippen molar-refractivity contribution < 1.29 is 31.3 Å². The number of aromatic nitrogens is 2. The van der Waals surface area contributed by atoms with E-state index in [1.165, 1.54) is 4.90 Å². The number of alkyl halides is 2. The molecule has 40 heavy (non-hydrogen) atoms. The standard InChI is InChI=1S/C28H30F2N4O5S/c1-18(2)24-31-26(39-32-24)33-11-9-27(10-12-33)28(29,30)16-22-15-21(7-8-23(22)38-27)19-3-5-20(6-4-19)25(35)34-13-14-40(36,37)17-34/h3-8,15,18H,9-14,16-17H2,1-2H3. The zero-order valence-corrected chi connectivity index (χ0v) is 23.1. The Labute approximate surface area is 231 Å². The molecule has 1 aromatic heterocycles. The minimum atomic E-state index is -3.23. The zero-order valence-electron chi connectivity index (χ0n) is 22.3. The summed E-state index contributed by atoms with van der Waals surface area (Å²) in [4.78, 5) is 20.2. The quantitative estimate of drug-likeness (QED) is 0.456. The molecule has 2 fully saturated rings. The van der Waals surface area contributed by atoms with Gasteiger partial charge in [-0.3, -0.25) is 4.79 Å². The Balaban J connectivity index is 1.17. The lowest BCUT2D eigenvalue weighted by atomic mass is 9.79. The van der Waals surface area contributed by atoms with E-state index in [0.29, 0.717) is 41.8 Å². The number of halogens is 2. The van der Waals surface area contributed by atoms with Crippen molar-refractivity contribution in [1.82, 2.24) is 15.0 Å². The van der Waals surface area contributed by atoms with Gasteiger partial charge in [0.05, 0.1) is 5.75 Å². The maximum absolute atomic E-state index is 15.7. The number of rotatable bonds is 4. The summed E-state index contributed by atoms with van der Waals surface area (Å²) >= 11 is 0. The molecule has 3 aliphatic rings. The van der Waals surface area contributed by atoms with E-state index in [4.69, 9.17) is 9.26 Å². The number of amides is 1. The largest absolute Gasteiger partial charge is 0.481 e. The molecule has 6 rings (SSSR count). The van der Waals surface area contributed by atoms with Crippen LogP contribution in [0.5, 0.6) is 5.75 Å². The van der Waals surface area contributed by atoms with Crippen molar-refractivity contribution >= 4 is 21.8 Å². The van der Waals surface area contributed by atoms with E-state index in [1.54, 1.807) is 36.4 Å². The van der Waals surface area contributed by atoms with Crippen LogP contribution in [0, 0.1) is 0 Å². The normalized spacial score (nSPS) is 20.9. The molecule has 2 aromatic carbocycles. The maximum atomic E-state index is 15.7. The van der Waals surface area contributed by atoms with Crippen LogP contribution < -0.4 is 9.64 Å². The van der Waals surface area contributed by atoms with E-state index in [2.05, 4.69) is 10.1 Å². The number of hydrogen-bond acceptors (Lipinski definition) is 8. The summed E-state index contributed by atoms with van der Waals surface area (Å²) in [5, 5.41) is 3.98. The molecule has 1 spiro atoms. The Morgan fingerprint density at radius 1 is 1.02 bits per heavy atom. The van der Waals surface area contributed by atoms with Crippen LogP contribution in [0.25, 0.3) is 11.1 Å². The van der Waals surface area contributed by atoms with Crippen molar-refractivity contribution in [3.8, 4) is 16.9 Å². The lowest BCUT2D eigenvalue weighted by molar-refractivity contribution is -0.185. The number of fused-ring (bicyclic) bond motifs is 1. The molecule has 1 amide bonds. The van der Waals surface area contributed by atoms with Crippen LogP contribution in [-0.4, -0.2) is 72.2 Å². The number of sulfone groups is 1. The first kappa shape index (κ1) is 26.7. The van der Waals surface area contributed by atoms with Gasteiger partial charge in [-0.1, -0.05) is 37.2 Å². The van der Waals surface area contributed by atoms with E-state index >= 15 is 8.78 Å². The summed E-state index contributed by atoms with van der Waals surface area (Å²) in [6.45, 7) is 4.73. The molecule has 212 valence electrons. The lowest BCUT2D eigenvalue weighted by Gasteiger charge is -2.48. The highest BCUT2D eigenvalue weighted by molar-refractivity contribution is 7.91. The van der Waals surface area contributed by atoms with Crippen molar-refractivity contribution in [2.75, 3.05) is 36.2 Å². The van der Waals surface area contributed by atoms with Gasteiger partial charge in [-0.2, -0.15) is 4.98 Å². The molecule has 0 aliphatic carbocycles. The number of ether oxygens (including phenoxy) is 1. The van der Waals surface area contributed by atoms with E-state index < -0.39 is 27.8 Å². The highest BCUT2D eigenvalue weighted by Gasteiger charge is 2.59. The molecule has 0 unspecified atom stereocenters. The van der Waals surface area contributed by atoms with Crippen LogP contribution in [0.1, 0.15) is 54.4 Å². The number of carbonyl (C=O) groups is 1. The fourth-order valence-electron chi connectivity index (χ4n) is 5.56. The number of benzene rings is 2. The molecule has 4 heterocycles. The van der Waals surface area contributed by atoms with E-state index in [9.17, 15) is 13.2 Å².